The van der Waals surface area contributed by atoms with Crippen molar-refractivity contribution in [2.75, 3.05) is 5.75 Å². The van der Waals surface area contributed by atoms with Crippen LogP contribution in [0.3, 0.4) is 0 Å². The minimum Gasteiger partial charge on any atom is -0.862 e. The normalized spacial score (nSPS) is 14.7. The van der Waals surface area contributed by atoms with E-state index in [2.05, 4.69) is 4.99 Å². The molecule has 0 bridgehead atoms. The number of carbonyl (C=O) groups is 1. The van der Waals surface area contributed by atoms with Crippen molar-refractivity contribution in [1.29, 1.82) is 0 Å². The van der Waals surface area contributed by atoms with Crippen LogP contribution < -0.4 is 34.7 Å². The van der Waals surface area contributed by atoms with Crippen molar-refractivity contribution in [2.45, 2.75) is 25.6 Å². The molecule has 1 rings (SSSR count). The van der Waals surface area contributed by atoms with Crippen LogP contribution in [0.5, 0.6) is 0 Å². The molecule has 0 aliphatic rings. The first-order valence-corrected chi connectivity index (χ1v) is 9.07. The summed E-state index contributed by atoms with van der Waals surface area (Å²) in [5.41, 5.74) is 0.889. The van der Waals surface area contributed by atoms with Crippen molar-refractivity contribution < 1.29 is 52.4 Å². The number of hydrogen-bond acceptors (Lipinski definition) is 6. The van der Waals surface area contributed by atoms with Crippen LogP contribution in [-0.4, -0.2) is 35.1 Å². The van der Waals surface area contributed by atoms with Crippen LogP contribution in [0.4, 0.5) is 0 Å². The van der Waals surface area contributed by atoms with Crippen LogP contribution in [-0.2, 0) is 21.3 Å². The molecule has 2 unspecified atom stereocenters. The van der Waals surface area contributed by atoms with Gasteiger partial charge in [0.25, 0.3) is 10.1 Å². The summed E-state index contributed by atoms with van der Waals surface area (Å²) in [6, 6.07) is 9.17. The summed E-state index contributed by atoms with van der Waals surface area (Å²) in [4.78, 5) is 14.6. The third-order valence-corrected chi connectivity index (χ3v) is 4.85. The molecule has 9 heteroatoms. The van der Waals surface area contributed by atoms with Gasteiger partial charge in [0.05, 0.1) is 0 Å². The van der Waals surface area contributed by atoms with Gasteiger partial charge < -0.3 is 5.11 Å². The molecule has 0 heterocycles. The molecule has 0 saturated carbocycles. The molecular weight excluding hydrogens is 349 g/mol. The van der Waals surface area contributed by atoms with Gasteiger partial charge in [-0.3, -0.25) is 14.3 Å². The number of rotatable bonds is 7. The average molecular weight is 367 g/mol. The van der Waals surface area contributed by atoms with Gasteiger partial charge in [-0.2, -0.15) is 8.42 Å². The van der Waals surface area contributed by atoms with Gasteiger partial charge in [0.15, 0.2) is 10.5 Å². The molecule has 0 fully saturated rings. The predicted octanol–water partition coefficient (Wildman–Crippen LogP) is -1.88. The molecule has 23 heavy (non-hydrogen) atoms. The van der Waals surface area contributed by atoms with Gasteiger partial charge in [-0.15, -0.1) is 0 Å². The SMILES string of the molecule is CC(=O)SCC(Cc1ccccc1)C([O-])=NC(C)S(=O)(=O)O.[Na+]. The zero-order valence-corrected chi connectivity index (χ0v) is 16.9. The molecule has 1 N–H and O–H groups in total. The van der Waals surface area contributed by atoms with Crippen LogP contribution >= 0.6 is 11.8 Å². The van der Waals surface area contributed by atoms with E-state index in [1.807, 2.05) is 30.3 Å². The maximum Gasteiger partial charge on any atom is 1.00 e. The molecule has 0 aliphatic carbocycles. The van der Waals surface area contributed by atoms with E-state index < -0.39 is 27.3 Å². The van der Waals surface area contributed by atoms with Crippen LogP contribution in [0.25, 0.3) is 0 Å². The van der Waals surface area contributed by atoms with Crippen LogP contribution in [0.2, 0.25) is 0 Å². The third kappa shape index (κ3) is 8.88. The van der Waals surface area contributed by atoms with E-state index in [0.717, 1.165) is 24.2 Å². The molecule has 0 amide bonds. The second kappa shape index (κ2) is 10.5. The third-order valence-electron chi connectivity index (χ3n) is 2.90. The van der Waals surface area contributed by atoms with E-state index in [4.69, 9.17) is 4.55 Å². The second-order valence-electron chi connectivity index (χ2n) is 4.77. The summed E-state index contributed by atoms with van der Waals surface area (Å²) in [7, 11) is -4.40. The number of nitrogens with zero attached hydrogens (tertiary/aromatic N) is 1. The van der Waals surface area contributed by atoms with Gasteiger partial charge >= 0.3 is 29.6 Å². The maximum absolute atomic E-state index is 12.2. The summed E-state index contributed by atoms with van der Waals surface area (Å²) < 4.78 is 30.8. The van der Waals surface area contributed by atoms with Crippen molar-refractivity contribution in [3.63, 3.8) is 0 Å². The second-order valence-corrected chi connectivity index (χ2v) is 7.68. The van der Waals surface area contributed by atoms with Gasteiger partial charge in [-0.25, -0.2) is 0 Å². The Kier molecular flexibility index (Phi) is 10.3. The molecule has 1 aromatic rings. The molecule has 0 aromatic heterocycles. The quantitative estimate of drug-likeness (QED) is 0.262. The molecule has 1 aromatic carbocycles. The molecule has 0 saturated heterocycles. The van der Waals surface area contributed by atoms with Crippen molar-refractivity contribution in [3.8, 4) is 0 Å². The van der Waals surface area contributed by atoms with E-state index in [9.17, 15) is 18.3 Å². The number of benzene rings is 1. The van der Waals surface area contributed by atoms with Gasteiger partial charge in [0, 0.05) is 18.6 Å². The Bertz CT molecular complexity index is 634. The number of aliphatic imine (C=N–C) groups is 1. The molecule has 2 atom stereocenters. The molecule has 6 nitrogen and oxygen atoms in total. The average Bonchev–Trinajstić information content (AvgIpc) is 2.43. The van der Waals surface area contributed by atoms with Crippen molar-refractivity contribution in [2.24, 2.45) is 10.9 Å². The molecule has 0 radical (unpaired) electrons. The Morgan fingerprint density at radius 3 is 2.39 bits per heavy atom. The first kappa shape index (κ1) is 22.6. The minimum atomic E-state index is -4.40. The fraction of sp³-hybridized carbons (Fsp3) is 0.429. The summed E-state index contributed by atoms with van der Waals surface area (Å²) in [5.74, 6) is -1.05. The minimum absolute atomic E-state index is 0. The zero-order valence-electron chi connectivity index (χ0n) is 13.3. The zero-order chi connectivity index (χ0) is 16.8. The number of carbonyl (C=O) groups excluding carboxylic acids is 1. The molecular formula is C14H18NNaO5S2. The largest absolute Gasteiger partial charge is 1.00 e. The van der Waals surface area contributed by atoms with Crippen LogP contribution in [0, 0.1) is 5.92 Å². The number of hydrogen-bond donors (Lipinski definition) is 1. The topological polar surface area (TPSA) is 107 Å². The van der Waals surface area contributed by atoms with Crippen molar-refractivity contribution >= 4 is 32.9 Å². The van der Waals surface area contributed by atoms with E-state index >= 15 is 0 Å². The van der Waals surface area contributed by atoms with Gasteiger partial charge in [-0.1, -0.05) is 42.1 Å². The Morgan fingerprint density at radius 2 is 1.91 bits per heavy atom. The van der Waals surface area contributed by atoms with E-state index in [-0.39, 0.29) is 40.4 Å². The van der Waals surface area contributed by atoms with E-state index in [0.29, 0.717) is 6.42 Å². The van der Waals surface area contributed by atoms with Crippen LogP contribution in [0.1, 0.15) is 19.4 Å². The Hall–Kier alpha value is -0.380. The van der Waals surface area contributed by atoms with E-state index in [1.54, 1.807) is 0 Å². The first-order chi connectivity index (χ1) is 10.2. The summed E-state index contributed by atoms with van der Waals surface area (Å²) >= 11 is 0.990. The van der Waals surface area contributed by atoms with Gasteiger partial charge in [0.1, 0.15) is 0 Å². The molecule has 0 spiro atoms. The predicted molar refractivity (Wildman–Crippen MR) is 85.2 cm³/mol. The van der Waals surface area contributed by atoms with Crippen molar-refractivity contribution in [1.82, 2.24) is 0 Å². The van der Waals surface area contributed by atoms with Gasteiger partial charge in [0.2, 0.25) is 0 Å². The van der Waals surface area contributed by atoms with E-state index in [1.165, 1.54) is 6.92 Å². The summed E-state index contributed by atoms with van der Waals surface area (Å²) in [5, 5.41) is 10.5. The van der Waals surface area contributed by atoms with Crippen LogP contribution in [0.15, 0.2) is 35.3 Å². The summed E-state index contributed by atoms with van der Waals surface area (Å²) in [6.07, 6.45) is 0.349. The Balaban J connectivity index is 0.00000484. The maximum atomic E-state index is 12.2. The smallest absolute Gasteiger partial charge is 0.862 e. The van der Waals surface area contributed by atoms with Gasteiger partial charge in [-0.05, 0) is 24.8 Å². The first-order valence-electron chi connectivity index (χ1n) is 6.58. The Labute approximate surface area is 162 Å². The Morgan fingerprint density at radius 1 is 1.35 bits per heavy atom. The fourth-order valence-electron chi connectivity index (χ4n) is 1.69. The number of thioether (sulfide) groups is 1. The molecule has 0 aliphatic heterocycles. The summed E-state index contributed by atoms with van der Waals surface area (Å²) in [6.45, 7) is 2.53. The van der Waals surface area contributed by atoms with Crippen molar-refractivity contribution in [3.05, 3.63) is 35.9 Å². The fourth-order valence-corrected chi connectivity index (χ4v) is 2.62. The standard InChI is InChI=1S/C14H19NO5S2.Na/c1-10(22(18,19)20)15-14(17)13(9-21-11(2)16)8-12-6-4-3-5-7-12;/h3-7,10,13H,8-9H2,1-2H3,(H,15,17)(H,18,19,20);/q;+1/p-1. The molecule has 122 valence electrons. The monoisotopic (exact) mass is 367 g/mol.